The van der Waals surface area contributed by atoms with Gasteiger partial charge in [-0.2, -0.15) is 0 Å². The van der Waals surface area contributed by atoms with Crippen LogP contribution in [0.5, 0.6) is 5.75 Å². The SMILES string of the molecule is CCc1cc2c(cc1O)oc(=O)c1ccccc12. The van der Waals surface area contributed by atoms with E-state index in [0.29, 0.717) is 11.0 Å². The molecule has 3 heteroatoms. The largest absolute Gasteiger partial charge is 0.508 e. The van der Waals surface area contributed by atoms with Crippen molar-refractivity contribution in [2.75, 3.05) is 0 Å². The summed E-state index contributed by atoms with van der Waals surface area (Å²) >= 11 is 0. The van der Waals surface area contributed by atoms with Crippen LogP contribution in [-0.2, 0) is 6.42 Å². The molecule has 2 aromatic carbocycles. The van der Waals surface area contributed by atoms with Crippen LogP contribution in [0.4, 0.5) is 0 Å². The van der Waals surface area contributed by atoms with Gasteiger partial charge in [0.1, 0.15) is 11.3 Å². The van der Waals surface area contributed by atoms with Crippen LogP contribution < -0.4 is 5.63 Å². The minimum atomic E-state index is -0.373. The number of phenols is 1. The van der Waals surface area contributed by atoms with Crippen molar-refractivity contribution in [2.45, 2.75) is 13.3 Å². The van der Waals surface area contributed by atoms with Crippen molar-refractivity contribution >= 4 is 21.7 Å². The number of rotatable bonds is 1. The molecular formula is C15H12O3. The molecule has 0 amide bonds. The van der Waals surface area contributed by atoms with Crippen molar-refractivity contribution in [2.24, 2.45) is 0 Å². The van der Waals surface area contributed by atoms with E-state index in [0.717, 1.165) is 22.8 Å². The fraction of sp³-hybridized carbons (Fsp3) is 0.133. The maximum atomic E-state index is 11.8. The van der Waals surface area contributed by atoms with Crippen LogP contribution in [0.2, 0.25) is 0 Å². The first-order valence-corrected chi connectivity index (χ1v) is 5.88. The minimum absolute atomic E-state index is 0.170. The maximum Gasteiger partial charge on any atom is 0.344 e. The third-order valence-corrected chi connectivity index (χ3v) is 3.20. The monoisotopic (exact) mass is 240 g/mol. The molecule has 1 heterocycles. The van der Waals surface area contributed by atoms with Crippen LogP contribution >= 0.6 is 0 Å². The van der Waals surface area contributed by atoms with Gasteiger partial charge in [0.15, 0.2) is 0 Å². The molecule has 18 heavy (non-hydrogen) atoms. The summed E-state index contributed by atoms with van der Waals surface area (Å²) in [6, 6.07) is 10.7. The molecule has 0 atom stereocenters. The minimum Gasteiger partial charge on any atom is -0.508 e. The highest BCUT2D eigenvalue weighted by Crippen LogP contribution is 2.29. The van der Waals surface area contributed by atoms with Crippen LogP contribution in [0, 0.1) is 0 Å². The van der Waals surface area contributed by atoms with Crippen molar-refractivity contribution in [3.05, 3.63) is 52.4 Å². The second-order valence-corrected chi connectivity index (χ2v) is 4.27. The highest BCUT2D eigenvalue weighted by Gasteiger charge is 2.09. The second-order valence-electron chi connectivity index (χ2n) is 4.27. The van der Waals surface area contributed by atoms with Crippen molar-refractivity contribution in [3.63, 3.8) is 0 Å². The molecule has 0 unspecified atom stereocenters. The average Bonchev–Trinajstić information content (AvgIpc) is 2.38. The van der Waals surface area contributed by atoms with E-state index in [1.807, 2.05) is 31.2 Å². The van der Waals surface area contributed by atoms with Crippen molar-refractivity contribution < 1.29 is 9.52 Å². The summed E-state index contributed by atoms with van der Waals surface area (Å²) < 4.78 is 5.24. The van der Waals surface area contributed by atoms with E-state index >= 15 is 0 Å². The smallest absolute Gasteiger partial charge is 0.344 e. The van der Waals surface area contributed by atoms with Crippen LogP contribution in [0.3, 0.4) is 0 Å². The Morgan fingerprint density at radius 2 is 1.83 bits per heavy atom. The lowest BCUT2D eigenvalue weighted by Gasteiger charge is -2.06. The molecular weight excluding hydrogens is 228 g/mol. The van der Waals surface area contributed by atoms with Crippen LogP contribution in [0.25, 0.3) is 21.7 Å². The number of hydrogen-bond acceptors (Lipinski definition) is 3. The number of fused-ring (bicyclic) bond motifs is 3. The molecule has 0 fully saturated rings. The van der Waals surface area contributed by atoms with Crippen molar-refractivity contribution in [3.8, 4) is 5.75 Å². The Balaban J connectivity index is 2.56. The standard InChI is InChI=1S/C15H12O3/c1-2-9-7-12-10-5-3-4-6-11(10)15(17)18-14(12)8-13(9)16/h3-8,16H,2H2,1H3. The summed E-state index contributed by atoms with van der Waals surface area (Å²) in [5, 5.41) is 12.1. The fourth-order valence-corrected chi connectivity index (χ4v) is 2.24. The van der Waals surface area contributed by atoms with Gasteiger partial charge in [-0.15, -0.1) is 0 Å². The van der Waals surface area contributed by atoms with Gasteiger partial charge in [-0.05, 0) is 29.5 Å². The lowest BCUT2D eigenvalue weighted by atomic mass is 10.0. The third kappa shape index (κ3) is 1.48. The summed E-state index contributed by atoms with van der Waals surface area (Å²) in [7, 11) is 0. The lowest BCUT2D eigenvalue weighted by Crippen LogP contribution is -1.99. The lowest BCUT2D eigenvalue weighted by molar-refractivity contribution is 0.467. The van der Waals surface area contributed by atoms with E-state index < -0.39 is 0 Å². The molecule has 0 spiro atoms. The molecule has 0 saturated carbocycles. The highest BCUT2D eigenvalue weighted by molar-refractivity contribution is 6.04. The first-order valence-electron chi connectivity index (χ1n) is 5.88. The third-order valence-electron chi connectivity index (χ3n) is 3.20. The molecule has 3 nitrogen and oxygen atoms in total. The molecule has 90 valence electrons. The summed E-state index contributed by atoms with van der Waals surface area (Å²) in [5.74, 6) is 0.170. The van der Waals surface area contributed by atoms with Crippen LogP contribution in [-0.4, -0.2) is 5.11 Å². The Bertz CT molecular complexity index is 800. The zero-order chi connectivity index (χ0) is 12.7. The molecule has 0 aliphatic carbocycles. The Labute approximate surface area is 103 Å². The number of phenolic OH excluding ortho intramolecular Hbond substituents is 1. The maximum absolute atomic E-state index is 11.8. The number of benzene rings is 2. The molecule has 0 aliphatic heterocycles. The van der Waals surface area contributed by atoms with Gasteiger partial charge in [0, 0.05) is 11.5 Å². The van der Waals surface area contributed by atoms with Crippen LogP contribution in [0.15, 0.2) is 45.6 Å². The highest BCUT2D eigenvalue weighted by atomic mass is 16.4. The van der Waals surface area contributed by atoms with Crippen molar-refractivity contribution in [1.29, 1.82) is 0 Å². The molecule has 0 bridgehead atoms. The number of aromatic hydroxyl groups is 1. The van der Waals surface area contributed by atoms with Gasteiger partial charge < -0.3 is 9.52 Å². The molecule has 1 aromatic heterocycles. The number of aryl methyl sites for hydroxylation is 1. The predicted molar refractivity (Wildman–Crippen MR) is 71.0 cm³/mol. The fourth-order valence-electron chi connectivity index (χ4n) is 2.24. The topological polar surface area (TPSA) is 50.4 Å². The quantitative estimate of drug-likeness (QED) is 0.525. The van der Waals surface area contributed by atoms with E-state index in [-0.39, 0.29) is 11.4 Å². The van der Waals surface area contributed by atoms with Gasteiger partial charge in [0.2, 0.25) is 0 Å². The van der Waals surface area contributed by atoms with Gasteiger partial charge in [-0.3, -0.25) is 0 Å². The Morgan fingerprint density at radius 3 is 2.56 bits per heavy atom. The van der Waals surface area contributed by atoms with E-state index in [2.05, 4.69) is 0 Å². The molecule has 0 radical (unpaired) electrons. The molecule has 1 N–H and O–H groups in total. The molecule has 0 saturated heterocycles. The Kier molecular flexibility index (Phi) is 2.33. The zero-order valence-corrected chi connectivity index (χ0v) is 9.93. The van der Waals surface area contributed by atoms with Crippen molar-refractivity contribution in [1.82, 2.24) is 0 Å². The van der Waals surface area contributed by atoms with Crippen LogP contribution in [0.1, 0.15) is 12.5 Å². The molecule has 3 aromatic rings. The van der Waals surface area contributed by atoms with Gasteiger partial charge in [0.05, 0.1) is 5.39 Å². The Morgan fingerprint density at radius 1 is 1.11 bits per heavy atom. The predicted octanol–water partition coefficient (Wildman–Crippen LogP) is 3.21. The molecule has 3 rings (SSSR count). The van der Waals surface area contributed by atoms with E-state index in [4.69, 9.17) is 4.42 Å². The van der Waals surface area contributed by atoms with Gasteiger partial charge in [-0.25, -0.2) is 4.79 Å². The number of hydrogen-bond donors (Lipinski definition) is 1. The van der Waals surface area contributed by atoms with Gasteiger partial charge in [-0.1, -0.05) is 25.1 Å². The summed E-state index contributed by atoms with van der Waals surface area (Å²) in [6.45, 7) is 1.97. The average molecular weight is 240 g/mol. The first-order chi connectivity index (χ1) is 8.70. The normalized spacial score (nSPS) is 11.2. The van der Waals surface area contributed by atoms with E-state index in [1.165, 1.54) is 6.07 Å². The van der Waals surface area contributed by atoms with Gasteiger partial charge >= 0.3 is 5.63 Å². The summed E-state index contributed by atoms with van der Waals surface area (Å²) in [5.41, 5.74) is 0.900. The van der Waals surface area contributed by atoms with Gasteiger partial charge in [0.25, 0.3) is 0 Å². The molecule has 0 aliphatic rings. The van der Waals surface area contributed by atoms with E-state index in [1.54, 1.807) is 6.07 Å². The first kappa shape index (κ1) is 10.8. The summed E-state index contributed by atoms with van der Waals surface area (Å²) in [6.07, 6.45) is 0.731. The zero-order valence-electron chi connectivity index (χ0n) is 9.93. The Hall–Kier alpha value is -2.29. The summed E-state index contributed by atoms with van der Waals surface area (Å²) in [4.78, 5) is 11.8. The second kappa shape index (κ2) is 3.88. The van der Waals surface area contributed by atoms with E-state index in [9.17, 15) is 9.90 Å².